The predicted octanol–water partition coefficient (Wildman–Crippen LogP) is 3.91. The second kappa shape index (κ2) is 8.22. The van der Waals surface area contributed by atoms with Crippen molar-refractivity contribution in [2.45, 2.75) is 35.2 Å². The van der Waals surface area contributed by atoms with Crippen molar-refractivity contribution in [3.63, 3.8) is 0 Å². The Morgan fingerprint density at radius 3 is 2.83 bits per heavy atom. The minimum atomic E-state index is -3.97. The first-order valence-corrected chi connectivity index (χ1v) is 11.7. The van der Waals surface area contributed by atoms with Gasteiger partial charge in [0.2, 0.25) is 14.2 Å². The van der Waals surface area contributed by atoms with Crippen LogP contribution in [0.15, 0.2) is 57.1 Å². The van der Waals surface area contributed by atoms with Gasteiger partial charge >= 0.3 is 0 Å². The molecule has 1 saturated heterocycles. The Kier molecular flexibility index (Phi) is 5.67. The summed E-state index contributed by atoms with van der Waals surface area (Å²) in [7, 11) is -3.97. The molecule has 0 saturated carbocycles. The molecule has 0 spiro atoms. The third kappa shape index (κ3) is 4.34. The van der Waals surface area contributed by atoms with Gasteiger partial charge < -0.3 is 5.32 Å². The smallest absolute Gasteiger partial charge is 0.236 e. The lowest BCUT2D eigenvalue weighted by atomic mass is 10.1. The van der Waals surface area contributed by atoms with Crippen LogP contribution >= 0.6 is 11.3 Å². The van der Waals surface area contributed by atoms with Gasteiger partial charge in [0, 0.05) is 36.7 Å². The first-order valence-electron chi connectivity index (χ1n) is 9.33. The standard InChI is InChI=1S/C21H21FN3O2S2/c1-15-11-20(29(26,27)21-23-8-10-28-21)18(22)12-19(15)24-17-7-9-25(14-17)13-16-5-3-2-4-6-16/h2-6,10-12,17,24H,7,9,13-14H2,1H3/t17-/m1/s1. The van der Waals surface area contributed by atoms with Gasteiger partial charge in [0.15, 0.2) is 0 Å². The van der Waals surface area contributed by atoms with Gasteiger partial charge in [-0.05, 0) is 36.6 Å². The van der Waals surface area contributed by atoms with Crippen LogP contribution in [-0.2, 0) is 16.4 Å². The van der Waals surface area contributed by atoms with Gasteiger partial charge in [0.25, 0.3) is 0 Å². The number of sulfone groups is 1. The van der Waals surface area contributed by atoms with Crippen molar-refractivity contribution in [1.82, 2.24) is 9.88 Å². The number of anilines is 1. The van der Waals surface area contributed by atoms with E-state index in [1.54, 1.807) is 6.92 Å². The van der Waals surface area contributed by atoms with Crippen LogP contribution in [0.1, 0.15) is 17.5 Å². The molecule has 2 aromatic carbocycles. The molecule has 29 heavy (non-hydrogen) atoms. The molecule has 0 amide bonds. The van der Waals surface area contributed by atoms with E-state index in [2.05, 4.69) is 33.5 Å². The van der Waals surface area contributed by atoms with Crippen LogP contribution < -0.4 is 5.32 Å². The summed E-state index contributed by atoms with van der Waals surface area (Å²) in [5.74, 6) is -0.771. The molecule has 1 N–H and O–H groups in total. The number of likely N-dealkylation sites (tertiary alicyclic amines) is 1. The largest absolute Gasteiger partial charge is 0.381 e. The zero-order chi connectivity index (χ0) is 20.4. The molecule has 3 aromatic rings. The molecule has 1 fully saturated rings. The van der Waals surface area contributed by atoms with Gasteiger partial charge in [-0.15, -0.1) is 11.3 Å². The van der Waals surface area contributed by atoms with Crippen LogP contribution in [0.25, 0.3) is 0 Å². The van der Waals surface area contributed by atoms with E-state index in [1.807, 2.05) is 18.2 Å². The van der Waals surface area contributed by atoms with Crippen molar-refractivity contribution in [2.75, 3.05) is 18.4 Å². The Morgan fingerprint density at radius 1 is 1.31 bits per heavy atom. The van der Waals surface area contributed by atoms with Gasteiger partial charge in [-0.25, -0.2) is 17.8 Å². The molecular weight excluding hydrogens is 409 g/mol. The van der Waals surface area contributed by atoms with Crippen molar-refractivity contribution in [2.24, 2.45) is 0 Å². The van der Waals surface area contributed by atoms with Crippen LogP contribution in [0.5, 0.6) is 0 Å². The maximum atomic E-state index is 14.7. The highest BCUT2D eigenvalue weighted by molar-refractivity contribution is 7.93. The number of nitrogens with one attached hydrogen (secondary N) is 1. The average molecular weight is 431 g/mol. The lowest BCUT2D eigenvalue weighted by Gasteiger charge is -2.19. The fourth-order valence-corrected chi connectivity index (χ4v) is 5.81. The van der Waals surface area contributed by atoms with Gasteiger partial charge in [0.05, 0.1) is 0 Å². The third-order valence-corrected chi connectivity index (χ3v) is 7.95. The van der Waals surface area contributed by atoms with E-state index in [1.165, 1.54) is 23.1 Å². The molecule has 4 rings (SSSR count). The molecule has 8 heteroatoms. The van der Waals surface area contributed by atoms with Crippen molar-refractivity contribution >= 4 is 26.9 Å². The number of thiazole rings is 1. The lowest BCUT2D eigenvalue weighted by molar-refractivity contribution is 0.328. The summed E-state index contributed by atoms with van der Waals surface area (Å²) in [4.78, 5) is 5.71. The van der Waals surface area contributed by atoms with E-state index in [4.69, 9.17) is 0 Å². The molecule has 1 atom stereocenters. The summed E-state index contributed by atoms with van der Waals surface area (Å²) in [6, 6.07) is 13.1. The number of benzene rings is 2. The summed E-state index contributed by atoms with van der Waals surface area (Å²) in [5, 5.41) is 4.82. The Morgan fingerprint density at radius 2 is 2.10 bits per heavy atom. The summed E-state index contributed by atoms with van der Waals surface area (Å²) < 4.78 is 39.7. The van der Waals surface area contributed by atoms with Gasteiger partial charge in [0.1, 0.15) is 16.9 Å². The second-order valence-electron chi connectivity index (χ2n) is 7.19. The van der Waals surface area contributed by atoms with Crippen LogP contribution in [0.2, 0.25) is 0 Å². The molecule has 151 valence electrons. The summed E-state index contributed by atoms with van der Waals surface area (Å²) >= 11 is 0.928. The minimum absolute atomic E-state index is 0.149. The van der Waals surface area contributed by atoms with E-state index in [0.717, 1.165) is 37.4 Å². The van der Waals surface area contributed by atoms with Gasteiger partial charge in [-0.1, -0.05) is 30.3 Å². The Balaban J connectivity index is 1.47. The lowest BCUT2D eigenvalue weighted by Crippen LogP contribution is -2.26. The fraction of sp³-hybridized carbons (Fsp3) is 0.286. The van der Waals surface area contributed by atoms with Crippen LogP contribution in [0.4, 0.5) is 10.1 Å². The SMILES string of the molecule is Cc1cc(S(=O)(=O)c2n[c]cs2)c(F)cc1N[C@@H]1CCN(Cc2ccccc2)C1. The van der Waals surface area contributed by atoms with E-state index in [-0.39, 0.29) is 15.3 Å². The van der Waals surface area contributed by atoms with Gasteiger partial charge in [-0.3, -0.25) is 4.90 Å². The summed E-state index contributed by atoms with van der Waals surface area (Å²) in [5.41, 5.74) is 2.58. The number of aryl methyl sites for hydroxylation is 1. The van der Waals surface area contributed by atoms with E-state index < -0.39 is 15.7 Å². The zero-order valence-corrected chi connectivity index (χ0v) is 17.6. The average Bonchev–Trinajstić information content (AvgIpc) is 3.38. The van der Waals surface area contributed by atoms with Crippen molar-refractivity contribution in [3.05, 3.63) is 71.0 Å². The zero-order valence-electron chi connectivity index (χ0n) is 15.9. The number of hydrogen-bond donors (Lipinski definition) is 1. The second-order valence-corrected chi connectivity index (χ2v) is 10.1. The first kappa shape index (κ1) is 20.0. The number of hydrogen-bond acceptors (Lipinski definition) is 6. The van der Waals surface area contributed by atoms with Crippen LogP contribution in [0.3, 0.4) is 0 Å². The molecule has 1 aliphatic heterocycles. The molecule has 0 aliphatic carbocycles. The maximum Gasteiger partial charge on any atom is 0.236 e. The molecule has 1 aromatic heterocycles. The minimum Gasteiger partial charge on any atom is -0.381 e. The number of rotatable bonds is 6. The first-order chi connectivity index (χ1) is 13.9. The van der Waals surface area contributed by atoms with Crippen molar-refractivity contribution < 1.29 is 12.8 Å². The molecule has 2 heterocycles. The van der Waals surface area contributed by atoms with Crippen LogP contribution in [0, 0.1) is 18.9 Å². The normalized spacial score (nSPS) is 17.5. The van der Waals surface area contributed by atoms with E-state index >= 15 is 0 Å². The molecule has 1 radical (unpaired) electrons. The van der Waals surface area contributed by atoms with E-state index in [9.17, 15) is 12.8 Å². The quantitative estimate of drug-likeness (QED) is 0.642. The van der Waals surface area contributed by atoms with Crippen molar-refractivity contribution in [1.29, 1.82) is 0 Å². The highest BCUT2D eigenvalue weighted by atomic mass is 32.2. The molecule has 0 bridgehead atoms. The Labute approximate surface area is 174 Å². The highest BCUT2D eigenvalue weighted by Gasteiger charge is 2.27. The monoisotopic (exact) mass is 430 g/mol. The van der Waals surface area contributed by atoms with E-state index in [0.29, 0.717) is 11.3 Å². The number of nitrogens with zero attached hydrogens (tertiary/aromatic N) is 2. The predicted molar refractivity (Wildman–Crippen MR) is 111 cm³/mol. The molecule has 5 nitrogen and oxygen atoms in total. The summed E-state index contributed by atoms with van der Waals surface area (Å²) in [6.45, 7) is 4.48. The Hall–Kier alpha value is -2.29. The highest BCUT2D eigenvalue weighted by Crippen LogP contribution is 2.30. The van der Waals surface area contributed by atoms with Gasteiger partial charge in [-0.2, -0.15) is 0 Å². The maximum absolute atomic E-state index is 14.7. The molecule has 0 unspecified atom stereocenters. The Bertz CT molecular complexity index is 1090. The number of halogens is 1. The molecule has 1 aliphatic rings. The van der Waals surface area contributed by atoms with Crippen molar-refractivity contribution in [3.8, 4) is 0 Å². The third-order valence-electron chi connectivity index (χ3n) is 5.05. The van der Waals surface area contributed by atoms with Crippen LogP contribution in [-0.4, -0.2) is 37.4 Å². The summed E-state index contributed by atoms with van der Waals surface area (Å²) in [6.07, 6.45) is 3.42. The molecular formula is C21H21FN3O2S2. The fourth-order valence-electron chi connectivity index (χ4n) is 3.57. The number of aromatic nitrogens is 1. The topological polar surface area (TPSA) is 62.3 Å².